The van der Waals surface area contributed by atoms with E-state index in [2.05, 4.69) is 20.9 Å². The number of hydrogen-bond acceptors (Lipinski definition) is 6. The van der Waals surface area contributed by atoms with Crippen molar-refractivity contribution < 1.29 is 24.2 Å². The van der Waals surface area contributed by atoms with Crippen molar-refractivity contribution in [3.63, 3.8) is 0 Å². The van der Waals surface area contributed by atoms with E-state index in [-0.39, 0.29) is 24.0 Å². The molecular formula is C28H25N5O5S. The predicted octanol–water partition coefficient (Wildman–Crippen LogP) is 6.08. The molecule has 2 aliphatic rings. The van der Waals surface area contributed by atoms with Crippen molar-refractivity contribution in [2.45, 2.75) is 37.8 Å². The molecule has 0 radical (unpaired) electrons. The summed E-state index contributed by atoms with van der Waals surface area (Å²) in [5.41, 5.74) is 1.75. The molecule has 10 nitrogen and oxygen atoms in total. The molecule has 2 aromatic carbocycles. The molecule has 4 aromatic rings. The van der Waals surface area contributed by atoms with Gasteiger partial charge in [-0.1, -0.05) is 18.2 Å². The summed E-state index contributed by atoms with van der Waals surface area (Å²) in [6.45, 7) is 0. The molecule has 0 atom stereocenters. The first kappa shape index (κ1) is 24.7. The highest BCUT2D eigenvalue weighted by atomic mass is 32.1. The van der Waals surface area contributed by atoms with Crippen LogP contribution in [-0.2, 0) is 0 Å². The Kier molecular flexibility index (Phi) is 6.49. The van der Waals surface area contributed by atoms with E-state index in [1.807, 2.05) is 42.5 Å². The molecule has 1 aliphatic carbocycles. The lowest BCUT2D eigenvalue weighted by Crippen LogP contribution is -2.43. The number of carbonyl (C=O) groups is 3. The second kappa shape index (κ2) is 10.3. The normalized spacial score (nSPS) is 18.4. The molecule has 0 unspecified atom stereocenters. The fourth-order valence-electron chi connectivity index (χ4n) is 5.10. The number of nitrogens with one attached hydrogen (secondary N) is 3. The molecular weight excluding hydrogens is 518 g/mol. The maximum Gasteiger partial charge on any atom is 0.404 e. The maximum atomic E-state index is 13.3. The van der Waals surface area contributed by atoms with E-state index >= 15 is 0 Å². The van der Waals surface area contributed by atoms with Crippen LogP contribution in [0.4, 0.5) is 26.7 Å². The van der Waals surface area contributed by atoms with Gasteiger partial charge in [0, 0.05) is 18.3 Å². The molecule has 3 heterocycles. The predicted molar refractivity (Wildman–Crippen MR) is 148 cm³/mol. The Labute approximate surface area is 227 Å². The zero-order chi connectivity index (χ0) is 26.9. The Morgan fingerprint density at radius 3 is 2.31 bits per heavy atom. The van der Waals surface area contributed by atoms with Gasteiger partial charge in [0.1, 0.15) is 21.2 Å². The summed E-state index contributed by atoms with van der Waals surface area (Å²) in [4.78, 5) is 44.6. The number of amides is 4. The third-order valence-corrected chi connectivity index (χ3v) is 8.01. The molecule has 1 saturated carbocycles. The van der Waals surface area contributed by atoms with Crippen molar-refractivity contribution in [1.29, 1.82) is 0 Å². The van der Waals surface area contributed by atoms with Crippen LogP contribution in [0.5, 0.6) is 11.5 Å². The van der Waals surface area contributed by atoms with Crippen molar-refractivity contribution in [2.24, 2.45) is 0 Å². The lowest BCUT2D eigenvalue weighted by Gasteiger charge is -2.29. The second-order valence-electron chi connectivity index (χ2n) is 9.46. The van der Waals surface area contributed by atoms with Crippen LogP contribution in [0.3, 0.4) is 0 Å². The number of para-hydroxylation sites is 1. The monoisotopic (exact) mass is 543 g/mol. The molecule has 2 aromatic heterocycles. The van der Waals surface area contributed by atoms with E-state index in [9.17, 15) is 14.4 Å². The number of carboxylic acid groups (broad SMARTS) is 1. The lowest BCUT2D eigenvalue weighted by molar-refractivity contribution is 0.0928. The van der Waals surface area contributed by atoms with Crippen molar-refractivity contribution in [3.05, 3.63) is 71.7 Å². The summed E-state index contributed by atoms with van der Waals surface area (Å²) >= 11 is 1.24. The zero-order valence-corrected chi connectivity index (χ0v) is 21.5. The summed E-state index contributed by atoms with van der Waals surface area (Å²) in [5, 5.41) is 18.1. The first-order valence-corrected chi connectivity index (χ1v) is 13.4. The van der Waals surface area contributed by atoms with Gasteiger partial charge in [0.05, 0.1) is 22.4 Å². The number of nitrogens with zero attached hydrogens (tertiary/aromatic N) is 2. The van der Waals surface area contributed by atoms with Crippen LogP contribution in [-0.4, -0.2) is 40.2 Å². The number of anilines is 3. The quantitative estimate of drug-likeness (QED) is 0.233. The van der Waals surface area contributed by atoms with E-state index in [4.69, 9.17) is 9.84 Å². The van der Waals surface area contributed by atoms with Crippen molar-refractivity contribution in [2.75, 3.05) is 10.2 Å². The van der Waals surface area contributed by atoms with Gasteiger partial charge in [0.15, 0.2) is 0 Å². The van der Waals surface area contributed by atoms with Crippen LogP contribution in [0.1, 0.15) is 35.4 Å². The molecule has 0 saturated heterocycles. The number of hydrogen-bond donors (Lipinski definition) is 4. The van der Waals surface area contributed by atoms with Crippen LogP contribution < -0.4 is 25.6 Å². The van der Waals surface area contributed by atoms with Crippen LogP contribution >= 0.6 is 11.3 Å². The Balaban J connectivity index is 1.23. The number of carbonyl (C=O) groups excluding carboxylic acids is 2. The highest BCUT2D eigenvalue weighted by Gasteiger charge is 2.33. The van der Waals surface area contributed by atoms with Gasteiger partial charge in [-0.25, -0.2) is 14.6 Å². The topological polar surface area (TPSA) is 133 Å². The van der Waals surface area contributed by atoms with Crippen molar-refractivity contribution in [1.82, 2.24) is 15.6 Å². The molecule has 198 valence electrons. The van der Waals surface area contributed by atoms with Gasteiger partial charge in [-0.05, 0) is 68.1 Å². The average molecular weight is 544 g/mol. The van der Waals surface area contributed by atoms with E-state index < -0.39 is 6.09 Å². The number of urea groups is 1. The molecule has 6 rings (SSSR count). The number of thiophene rings is 1. The van der Waals surface area contributed by atoms with Crippen molar-refractivity contribution >= 4 is 56.6 Å². The van der Waals surface area contributed by atoms with Gasteiger partial charge in [0.2, 0.25) is 0 Å². The minimum Gasteiger partial charge on any atom is -0.465 e. The van der Waals surface area contributed by atoms with Gasteiger partial charge in [-0.15, -0.1) is 11.3 Å². The minimum atomic E-state index is -1.03. The van der Waals surface area contributed by atoms with Gasteiger partial charge in [-0.3, -0.25) is 9.69 Å². The first-order valence-electron chi connectivity index (χ1n) is 12.6. The molecule has 4 amide bonds. The minimum absolute atomic E-state index is 0.0680. The number of rotatable bonds is 6. The number of ether oxygens (including phenoxy) is 1. The molecule has 4 N–H and O–H groups in total. The van der Waals surface area contributed by atoms with E-state index in [0.717, 1.165) is 5.75 Å². The summed E-state index contributed by atoms with van der Waals surface area (Å²) in [7, 11) is 0. The van der Waals surface area contributed by atoms with Gasteiger partial charge < -0.3 is 25.8 Å². The largest absolute Gasteiger partial charge is 0.465 e. The Morgan fingerprint density at radius 1 is 0.949 bits per heavy atom. The maximum absolute atomic E-state index is 13.3. The third kappa shape index (κ3) is 4.96. The van der Waals surface area contributed by atoms with Gasteiger partial charge in [-0.2, -0.15) is 0 Å². The second-order valence-corrected chi connectivity index (χ2v) is 10.5. The van der Waals surface area contributed by atoms with Gasteiger partial charge >= 0.3 is 12.1 Å². The molecule has 11 heteroatoms. The number of aromatic nitrogens is 1. The molecule has 1 aliphatic heterocycles. The van der Waals surface area contributed by atoms with Crippen molar-refractivity contribution in [3.8, 4) is 11.5 Å². The molecule has 0 spiro atoms. The highest BCUT2D eigenvalue weighted by molar-refractivity contribution is 7.21. The number of pyridine rings is 1. The van der Waals surface area contributed by atoms with Gasteiger partial charge in [0.25, 0.3) is 5.91 Å². The standard InChI is InChI=1S/C28H25N5O5S/c34-25(30-16-6-8-17(9-7-16)31-28(36)37)24-23-22-21(14-15-29-26(22)39-24)33(27(35)32-23)18-10-12-20(13-11-18)38-19-4-2-1-3-5-19/h1-5,10-17,31H,6-9H2,(H,30,34)(H,32,35)(H,36,37)/t16-,17-. The Morgan fingerprint density at radius 2 is 1.62 bits per heavy atom. The van der Waals surface area contributed by atoms with E-state index in [0.29, 0.717) is 63.6 Å². The third-order valence-electron chi connectivity index (χ3n) is 6.92. The molecule has 1 fully saturated rings. The summed E-state index contributed by atoms with van der Waals surface area (Å²) < 4.78 is 5.87. The molecule has 0 bridgehead atoms. The van der Waals surface area contributed by atoms with E-state index in [1.165, 1.54) is 11.3 Å². The van der Waals surface area contributed by atoms with Crippen LogP contribution in [0.15, 0.2) is 66.9 Å². The Hall–Kier alpha value is -4.64. The SMILES string of the molecule is O=C(O)N[C@H]1CC[C@H](NC(=O)c2sc3nccc4c3c2NC(=O)N4c2ccc(Oc3ccccc3)cc2)CC1. The highest BCUT2D eigenvalue weighted by Crippen LogP contribution is 2.46. The molecule has 39 heavy (non-hydrogen) atoms. The smallest absolute Gasteiger partial charge is 0.404 e. The Bertz CT molecular complexity index is 1550. The summed E-state index contributed by atoms with van der Waals surface area (Å²) in [6.07, 6.45) is 3.26. The lowest BCUT2D eigenvalue weighted by atomic mass is 9.91. The van der Waals surface area contributed by atoms with Crippen LogP contribution in [0, 0.1) is 0 Å². The summed E-state index contributed by atoms with van der Waals surface area (Å²) in [6, 6.07) is 17.9. The zero-order valence-electron chi connectivity index (χ0n) is 20.7. The summed E-state index contributed by atoms with van der Waals surface area (Å²) in [5.74, 6) is 1.09. The first-order chi connectivity index (χ1) is 19.0. The number of benzene rings is 2. The average Bonchev–Trinajstić information content (AvgIpc) is 3.30. The van der Waals surface area contributed by atoms with E-state index in [1.54, 1.807) is 29.3 Å². The van der Waals surface area contributed by atoms with Crippen LogP contribution in [0.2, 0.25) is 0 Å². The van der Waals surface area contributed by atoms with Crippen LogP contribution in [0.25, 0.3) is 10.2 Å². The fraction of sp³-hybridized carbons (Fsp3) is 0.214. The fourth-order valence-corrected chi connectivity index (χ4v) is 6.12.